The van der Waals surface area contributed by atoms with Gasteiger partial charge in [0.2, 0.25) is 0 Å². The van der Waals surface area contributed by atoms with Gasteiger partial charge in [0.15, 0.2) is 0 Å². The highest BCUT2D eigenvalue weighted by Gasteiger charge is 2.41. The van der Waals surface area contributed by atoms with Crippen LogP contribution in [0.2, 0.25) is 0 Å². The first kappa shape index (κ1) is 29.8. The summed E-state index contributed by atoms with van der Waals surface area (Å²) in [6.45, 7) is 7.11. The number of para-hydroxylation sites is 1. The van der Waals surface area contributed by atoms with Crippen molar-refractivity contribution in [2.45, 2.75) is 41.4 Å². The summed E-state index contributed by atoms with van der Waals surface area (Å²) in [5.74, 6) is 0. The molecule has 0 bridgehead atoms. The van der Waals surface area contributed by atoms with Gasteiger partial charge >= 0.3 is 0 Å². The maximum atomic E-state index is 2.47. The van der Waals surface area contributed by atoms with Crippen molar-refractivity contribution in [1.29, 1.82) is 0 Å². The highest BCUT2D eigenvalue weighted by molar-refractivity contribution is 7.99. The van der Waals surface area contributed by atoms with E-state index in [-0.39, 0.29) is 10.8 Å². The second-order valence-electron chi connectivity index (χ2n) is 13.9. The van der Waals surface area contributed by atoms with Gasteiger partial charge in [0, 0.05) is 37.6 Å². The normalized spacial score (nSPS) is 14.7. The molecule has 0 saturated heterocycles. The summed E-state index contributed by atoms with van der Waals surface area (Å²) < 4.78 is 0. The van der Waals surface area contributed by atoms with Crippen molar-refractivity contribution in [1.82, 2.24) is 0 Å². The summed E-state index contributed by atoms with van der Waals surface area (Å²) >= 11 is 1.89. The lowest BCUT2D eigenvalue weighted by atomic mass is 9.74. The molecule has 1 aliphatic carbocycles. The standard InChI is InChI=1S/C47H37NS/c1-46(2)41-25-12-14-27-44(41)49-45-31-35(28-29-42(45)46)48(43-26-13-9-20-36(43)32-16-5-4-6-17-32)34-19-15-18-33(30-34)47(3)39-23-10-7-21-37(39)38-22-8-11-24-40(38)47/h4-31H,1-3H3. The van der Waals surface area contributed by atoms with Crippen LogP contribution >= 0.6 is 11.8 Å². The number of anilines is 3. The Bertz CT molecular complexity index is 2320. The third-order valence-corrected chi connectivity index (χ3v) is 11.9. The van der Waals surface area contributed by atoms with Crippen LogP contribution < -0.4 is 4.90 Å². The third-order valence-electron chi connectivity index (χ3n) is 10.8. The quantitative estimate of drug-likeness (QED) is 0.183. The Morgan fingerprint density at radius 2 is 1.00 bits per heavy atom. The minimum absolute atomic E-state index is 0.0831. The lowest BCUT2D eigenvalue weighted by Crippen LogP contribution is -2.24. The summed E-state index contributed by atoms with van der Waals surface area (Å²) in [5, 5.41) is 0. The number of hydrogen-bond donors (Lipinski definition) is 0. The molecule has 1 heterocycles. The number of benzene rings is 7. The fourth-order valence-electron chi connectivity index (χ4n) is 8.26. The largest absolute Gasteiger partial charge is 0.310 e. The van der Waals surface area contributed by atoms with Crippen LogP contribution in [0.5, 0.6) is 0 Å². The topological polar surface area (TPSA) is 3.24 Å². The molecular formula is C47H37NS. The van der Waals surface area contributed by atoms with Gasteiger partial charge in [0.25, 0.3) is 0 Å². The predicted octanol–water partition coefficient (Wildman–Crippen LogP) is 12.9. The van der Waals surface area contributed by atoms with Crippen molar-refractivity contribution in [2.24, 2.45) is 0 Å². The molecule has 0 fully saturated rings. The van der Waals surface area contributed by atoms with Crippen molar-refractivity contribution in [3.05, 3.63) is 198 Å². The molecule has 7 aromatic rings. The predicted molar refractivity (Wildman–Crippen MR) is 207 cm³/mol. The molecule has 0 aromatic heterocycles. The van der Waals surface area contributed by atoms with Crippen LogP contribution in [0.3, 0.4) is 0 Å². The van der Waals surface area contributed by atoms with Gasteiger partial charge in [-0.2, -0.15) is 0 Å². The van der Waals surface area contributed by atoms with E-state index in [2.05, 4.69) is 196 Å². The molecule has 0 saturated carbocycles. The summed E-state index contributed by atoms with van der Waals surface area (Å²) in [5.41, 5.74) is 14.9. The van der Waals surface area contributed by atoms with E-state index in [9.17, 15) is 0 Å². The van der Waals surface area contributed by atoms with Crippen molar-refractivity contribution in [3.63, 3.8) is 0 Å². The van der Waals surface area contributed by atoms with Crippen LogP contribution in [0.15, 0.2) is 180 Å². The molecule has 0 spiro atoms. The Morgan fingerprint density at radius 3 is 1.73 bits per heavy atom. The average molecular weight is 648 g/mol. The van der Waals surface area contributed by atoms with Gasteiger partial charge in [0.05, 0.1) is 5.69 Å². The highest BCUT2D eigenvalue weighted by Crippen LogP contribution is 2.54. The molecule has 0 atom stereocenters. The third kappa shape index (κ3) is 4.62. The number of nitrogens with zero attached hydrogens (tertiary/aromatic N) is 1. The minimum Gasteiger partial charge on any atom is -0.310 e. The second kappa shape index (κ2) is 11.4. The van der Waals surface area contributed by atoms with Gasteiger partial charge < -0.3 is 4.90 Å². The van der Waals surface area contributed by atoms with Crippen molar-refractivity contribution in [3.8, 4) is 22.3 Å². The first-order chi connectivity index (χ1) is 23.9. The van der Waals surface area contributed by atoms with Crippen molar-refractivity contribution >= 4 is 28.8 Å². The Kier molecular flexibility index (Phi) is 6.93. The van der Waals surface area contributed by atoms with E-state index in [4.69, 9.17) is 0 Å². The van der Waals surface area contributed by atoms with Crippen LogP contribution in [-0.4, -0.2) is 0 Å². The average Bonchev–Trinajstić information content (AvgIpc) is 3.41. The van der Waals surface area contributed by atoms with Crippen LogP contribution in [0, 0.1) is 0 Å². The first-order valence-electron chi connectivity index (χ1n) is 17.1. The van der Waals surface area contributed by atoms with Gasteiger partial charge in [-0.25, -0.2) is 0 Å². The molecular weight excluding hydrogens is 611 g/mol. The molecule has 2 aliphatic rings. The van der Waals surface area contributed by atoms with Gasteiger partial charge in [0.1, 0.15) is 0 Å². The summed E-state index contributed by atoms with van der Waals surface area (Å²) in [7, 11) is 0. The van der Waals surface area contributed by atoms with Gasteiger partial charge in [-0.05, 0) is 87.8 Å². The van der Waals surface area contributed by atoms with Crippen molar-refractivity contribution < 1.29 is 0 Å². The zero-order valence-electron chi connectivity index (χ0n) is 28.0. The first-order valence-corrected chi connectivity index (χ1v) is 17.9. The van der Waals surface area contributed by atoms with E-state index in [0.717, 1.165) is 17.1 Å². The maximum Gasteiger partial charge on any atom is 0.0540 e. The summed E-state index contributed by atoms with van der Waals surface area (Å²) in [6.07, 6.45) is 0. The fraction of sp³-hybridized carbons (Fsp3) is 0.106. The fourth-order valence-corrected chi connectivity index (χ4v) is 9.69. The Morgan fingerprint density at radius 1 is 0.429 bits per heavy atom. The summed E-state index contributed by atoms with van der Waals surface area (Å²) in [6, 6.07) is 62.7. The number of rotatable bonds is 5. The molecule has 236 valence electrons. The van der Waals surface area contributed by atoms with E-state index < -0.39 is 0 Å². The number of hydrogen-bond acceptors (Lipinski definition) is 2. The van der Waals surface area contributed by atoms with Crippen molar-refractivity contribution in [2.75, 3.05) is 4.90 Å². The zero-order chi connectivity index (χ0) is 33.2. The lowest BCUT2D eigenvalue weighted by Gasteiger charge is -2.36. The van der Waals surface area contributed by atoms with Crippen LogP contribution in [-0.2, 0) is 10.8 Å². The molecule has 0 unspecified atom stereocenters. The Labute approximate surface area is 293 Å². The zero-order valence-corrected chi connectivity index (χ0v) is 28.8. The van der Waals surface area contributed by atoms with Crippen LogP contribution in [0.1, 0.15) is 48.6 Å². The smallest absolute Gasteiger partial charge is 0.0540 e. The van der Waals surface area contributed by atoms with Crippen LogP contribution in [0.25, 0.3) is 22.3 Å². The van der Waals surface area contributed by atoms with E-state index in [1.807, 2.05) is 11.8 Å². The molecule has 1 nitrogen and oxygen atoms in total. The molecule has 0 amide bonds. The van der Waals surface area contributed by atoms with E-state index in [0.29, 0.717) is 0 Å². The monoisotopic (exact) mass is 647 g/mol. The molecule has 7 aromatic carbocycles. The molecule has 0 radical (unpaired) electrons. The second-order valence-corrected chi connectivity index (χ2v) is 15.0. The Hall–Kier alpha value is -5.31. The van der Waals surface area contributed by atoms with E-state index in [1.165, 1.54) is 59.9 Å². The van der Waals surface area contributed by atoms with Gasteiger partial charge in [-0.1, -0.05) is 159 Å². The Balaban J connectivity index is 1.26. The molecule has 0 N–H and O–H groups in total. The van der Waals surface area contributed by atoms with Gasteiger partial charge in [-0.15, -0.1) is 0 Å². The SMILES string of the molecule is CC1(C)c2ccccc2Sc2cc(N(c3cccc(C4(C)c5ccccc5-c5ccccc54)c3)c3ccccc3-c3ccccc3)ccc21. The minimum atomic E-state index is -0.284. The molecule has 9 rings (SSSR count). The van der Waals surface area contributed by atoms with Crippen LogP contribution in [0.4, 0.5) is 17.1 Å². The number of fused-ring (bicyclic) bond motifs is 5. The van der Waals surface area contributed by atoms with Gasteiger partial charge in [-0.3, -0.25) is 0 Å². The summed E-state index contributed by atoms with van der Waals surface area (Å²) in [4.78, 5) is 5.11. The lowest BCUT2D eigenvalue weighted by molar-refractivity contribution is 0.607. The highest BCUT2D eigenvalue weighted by atomic mass is 32.2. The molecule has 2 heteroatoms. The molecule has 1 aliphatic heterocycles. The van der Waals surface area contributed by atoms with E-state index >= 15 is 0 Å². The molecule has 49 heavy (non-hydrogen) atoms. The maximum absolute atomic E-state index is 2.47. The van der Waals surface area contributed by atoms with E-state index in [1.54, 1.807) is 0 Å².